The van der Waals surface area contributed by atoms with Crippen LogP contribution >= 0.6 is 0 Å². The summed E-state index contributed by atoms with van der Waals surface area (Å²) >= 11 is 0. The summed E-state index contributed by atoms with van der Waals surface area (Å²) in [5.74, 6) is 0.259. The summed E-state index contributed by atoms with van der Waals surface area (Å²) in [5.41, 5.74) is 0.389. The topological polar surface area (TPSA) is 26.3 Å². The summed E-state index contributed by atoms with van der Waals surface area (Å²) in [7, 11) is 0. The van der Waals surface area contributed by atoms with E-state index in [0.717, 1.165) is 0 Å². The van der Waals surface area contributed by atoms with E-state index in [4.69, 9.17) is 4.74 Å². The summed E-state index contributed by atoms with van der Waals surface area (Å²) < 4.78 is 41.4. The number of carbonyl (C=O) groups is 1. The number of ketones is 1. The monoisotopic (exact) mass is 274 g/mol. The number of alkyl halides is 3. The number of Topliss-reactive ketones (excluding diaryl/α,β-unsaturated/α-hetero) is 1. The first-order valence-electron chi connectivity index (χ1n) is 6.14. The van der Waals surface area contributed by atoms with E-state index >= 15 is 0 Å². The van der Waals surface area contributed by atoms with Gasteiger partial charge < -0.3 is 4.74 Å². The van der Waals surface area contributed by atoms with Gasteiger partial charge in [0.15, 0.2) is 5.78 Å². The van der Waals surface area contributed by atoms with Gasteiger partial charge in [0.1, 0.15) is 5.75 Å². The van der Waals surface area contributed by atoms with E-state index < -0.39 is 12.6 Å². The van der Waals surface area contributed by atoms with Crippen molar-refractivity contribution in [2.24, 2.45) is 0 Å². The quantitative estimate of drug-likeness (QED) is 0.719. The zero-order chi connectivity index (χ0) is 14.5. The minimum absolute atomic E-state index is 0.0180. The van der Waals surface area contributed by atoms with Crippen molar-refractivity contribution in [1.82, 2.24) is 0 Å². The van der Waals surface area contributed by atoms with E-state index in [1.54, 1.807) is 24.3 Å². The molecule has 0 aliphatic carbocycles. The predicted octanol–water partition coefficient (Wildman–Crippen LogP) is 4.39. The molecular weight excluding hydrogens is 257 g/mol. The zero-order valence-electron chi connectivity index (χ0n) is 11.0. The Kier molecular flexibility index (Phi) is 5.39. The predicted molar refractivity (Wildman–Crippen MR) is 66.4 cm³/mol. The van der Waals surface area contributed by atoms with Crippen LogP contribution in [-0.2, 0) is 0 Å². The fraction of sp³-hybridized carbons (Fsp3) is 0.500. The van der Waals surface area contributed by atoms with Gasteiger partial charge in [0.2, 0.25) is 0 Å². The molecule has 1 aromatic carbocycles. The average molecular weight is 274 g/mol. The van der Waals surface area contributed by atoms with Crippen molar-refractivity contribution in [2.75, 3.05) is 0 Å². The number of rotatable bonds is 6. The number of halogens is 3. The summed E-state index contributed by atoms with van der Waals surface area (Å²) in [4.78, 5) is 11.7. The Morgan fingerprint density at radius 1 is 1.32 bits per heavy atom. The maximum Gasteiger partial charge on any atom is 0.389 e. The standard InChI is InChI=1S/C14H17F3O2/c1-10(2)19-12-6-3-5-11(9-12)13(18)7-4-8-14(15,16)17/h3,5-6,9-10H,4,7-8H2,1-2H3. The highest BCUT2D eigenvalue weighted by Crippen LogP contribution is 2.23. The lowest BCUT2D eigenvalue weighted by Crippen LogP contribution is -2.09. The van der Waals surface area contributed by atoms with Crippen molar-refractivity contribution in [2.45, 2.75) is 45.4 Å². The molecule has 0 saturated carbocycles. The Morgan fingerprint density at radius 3 is 2.58 bits per heavy atom. The molecule has 0 aromatic heterocycles. The molecule has 1 rings (SSSR count). The molecule has 0 aliphatic heterocycles. The minimum Gasteiger partial charge on any atom is -0.491 e. The Balaban J connectivity index is 2.57. The van der Waals surface area contributed by atoms with Gasteiger partial charge in [-0.15, -0.1) is 0 Å². The van der Waals surface area contributed by atoms with Crippen LogP contribution in [-0.4, -0.2) is 18.1 Å². The Morgan fingerprint density at radius 2 is 2.00 bits per heavy atom. The van der Waals surface area contributed by atoms with E-state index in [2.05, 4.69) is 0 Å². The summed E-state index contributed by atoms with van der Waals surface area (Å²) in [6.45, 7) is 3.72. The molecule has 0 fully saturated rings. The van der Waals surface area contributed by atoms with Gasteiger partial charge in [-0.1, -0.05) is 12.1 Å². The molecule has 1 aromatic rings. The molecule has 5 heteroatoms. The van der Waals surface area contributed by atoms with Gasteiger partial charge in [-0.25, -0.2) is 0 Å². The van der Waals surface area contributed by atoms with Crippen molar-refractivity contribution >= 4 is 5.78 Å². The van der Waals surface area contributed by atoms with Crippen molar-refractivity contribution in [3.8, 4) is 5.75 Å². The Hall–Kier alpha value is -1.52. The summed E-state index contributed by atoms with van der Waals surface area (Å²) in [5, 5.41) is 0. The molecule has 0 atom stereocenters. The fourth-order valence-electron chi connectivity index (χ4n) is 1.61. The Labute approximate surface area is 110 Å². The van der Waals surface area contributed by atoms with Crippen LogP contribution in [0.25, 0.3) is 0 Å². The molecule has 0 amide bonds. The third kappa shape index (κ3) is 6.27. The highest BCUT2D eigenvalue weighted by atomic mass is 19.4. The third-order valence-electron chi connectivity index (χ3n) is 2.39. The second-order valence-electron chi connectivity index (χ2n) is 4.59. The molecule has 0 spiro atoms. The highest BCUT2D eigenvalue weighted by Gasteiger charge is 2.26. The second kappa shape index (κ2) is 6.59. The van der Waals surface area contributed by atoms with Gasteiger partial charge in [0.25, 0.3) is 0 Å². The largest absolute Gasteiger partial charge is 0.491 e. The molecule has 106 valence electrons. The van der Waals surface area contributed by atoms with Gasteiger partial charge in [0.05, 0.1) is 6.10 Å². The van der Waals surface area contributed by atoms with Gasteiger partial charge in [0, 0.05) is 18.4 Å². The van der Waals surface area contributed by atoms with Crippen molar-refractivity contribution in [3.05, 3.63) is 29.8 Å². The van der Waals surface area contributed by atoms with Crippen LogP contribution in [0.1, 0.15) is 43.5 Å². The number of hydrogen-bond donors (Lipinski definition) is 0. The van der Waals surface area contributed by atoms with Crippen LogP contribution in [0, 0.1) is 0 Å². The van der Waals surface area contributed by atoms with Gasteiger partial charge >= 0.3 is 6.18 Å². The summed E-state index contributed by atoms with van der Waals surface area (Å²) in [6, 6.07) is 6.53. The second-order valence-corrected chi connectivity index (χ2v) is 4.59. The molecular formula is C14H17F3O2. The number of hydrogen-bond acceptors (Lipinski definition) is 2. The van der Waals surface area contributed by atoms with Crippen molar-refractivity contribution < 1.29 is 22.7 Å². The van der Waals surface area contributed by atoms with Gasteiger partial charge in [-0.05, 0) is 32.4 Å². The van der Waals surface area contributed by atoms with Gasteiger partial charge in [-0.2, -0.15) is 13.2 Å². The first-order chi connectivity index (χ1) is 8.78. The maximum absolute atomic E-state index is 12.0. The SMILES string of the molecule is CC(C)Oc1cccc(C(=O)CCCC(F)(F)F)c1. The van der Waals surface area contributed by atoms with Crippen molar-refractivity contribution in [3.63, 3.8) is 0 Å². The fourth-order valence-corrected chi connectivity index (χ4v) is 1.61. The first-order valence-corrected chi connectivity index (χ1v) is 6.14. The molecule has 2 nitrogen and oxygen atoms in total. The van der Waals surface area contributed by atoms with Gasteiger partial charge in [-0.3, -0.25) is 4.79 Å². The number of ether oxygens (including phenoxy) is 1. The molecule has 0 heterocycles. The van der Waals surface area contributed by atoms with Crippen LogP contribution < -0.4 is 4.74 Å². The number of carbonyl (C=O) groups excluding carboxylic acids is 1. The number of benzene rings is 1. The lowest BCUT2D eigenvalue weighted by molar-refractivity contribution is -0.135. The highest BCUT2D eigenvalue weighted by molar-refractivity contribution is 5.96. The van der Waals surface area contributed by atoms with Crippen LogP contribution in [0.2, 0.25) is 0 Å². The van der Waals surface area contributed by atoms with E-state index in [-0.39, 0.29) is 24.7 Å². The smallest absolute Gasteiger partial charge is 0.389 e. The first kappa shape index (κ1) is 15.5. The lowest BCUT2D eigenvalue weighted by atomic mass is 10.1. The van der Waals surface area contributed by atoms with E-state index in [9.17, 15) is 18.0 Å². The molecule has 0 N–H and O–H groups in total. The zero-order valence-corrected chi connectivity index (χ0v) is 11.0. The van der Waals surface area contributed by atoms with E-state index in [1.165, 1.54) is 0 Å². The van der Waals surface area contributed by atoms with Crippen LogP contribution in [0.15, 0.2) is 24.3 Å². The van der Waals surface area contributed by atoms with Crippen LogP contribution in [0.3, 0.4) is 0 Å². The Bertz CT molecular complexity index is 425. The molecule has 0 aliphatic rings. The van der Waals surface area contributed by atoms with Crippen molar-refractivity contribution in [1.29, 1.82) is 0 Å². The summed E-state index contributed by atoms with van der Waals surface area (Å²) in [6.07, 6.45) is -5.44. The van der Waals surface area contributed by atoms with E-state index in [1.807, 2.05) is 13.8 Å². The maximum atomic E-state index is 12.0. The molecule has 0 saturated heterocycles. The van der Waals surface area contributed by atoms with Crippen LogP contribution in [0.5, 0.6) is 5.75 Å². The molecule has 0 unspecified atom stereocenters. The normalized spacial score (nSPS) is 11.7. The molecule has 0 bridgehead atoms. The van der Waals surface area contributed by atoms with Crippen LogP contribution in [0.4, 0.5) is 13.2 Å². The lowest BCUT2D eigenvalue weighted by Gasteiger charge is -2.10. The average Bonchev–Trinajstić information content (AvgIpc) is 2.26. The minimum atomic E-state index is -4.21. The molecule has 0 radical (unpaired) electrons. The third-order valence-corrected chi connectivity index (χ3v) is 2.39. The van der Waals surface area contributed by atoms with E-state index in [0.29, 0.717) is 11.3 Å². The molecule has 19 heavy (non-hydrogen) atoms.